The van der Waals surface area contributed by atoms with Crippen LogP contribution >= 0.6 is 0 Å². The Morgan fingerprint density at radius 2 is 1.17 bits per heavy atom. The van der Waals surface area contributed by atoms with E-state index in [1.165, 1.54) is 36.4 Å². The molecular formula is C16H8N4O4. The Labute approximate surface area is 135 Å². The summed E-state index contributed by atoms with van der Waals surface area (Å²) in [7, 11) is 0. The zero-order valence-electron chi connectivity index (χ0n) is 12.0. The van der Waals surface area contributed by atoms with Gasteiger partial charge in [-0.15, -0.1) is 0 Å². The lowest BCUT2D eigenvalue weighted by Gasteiger charge is -2.00. The topological polar surface area (TPSA) is 134 Å². The van der Waals surface area contributed by atoms with Gasteiger partial charge in [0.05, 0.1) is 44.2 Å². The SMILES string of the molecule is N#Cc1ccc(/C=C/c2ccc(C#N)cc2[N+](=O)[O-])c([N+](=O)[O-])c1. The summed E-state index contributed by atoms with van der Waals surface area (Å²) in [5, 5.41) is 39.8. The average Bonchev–Trinajstić information content (AvgIpc) is 2.59. The number of nitriles is 2. The van der Waals surface area contributed by atoms with Crippen LogP contribution in [0, 0.1) is 42.9 Å². The number of hydrogen-bond donors (Lipinski definition) is 0. The Bertz CT molecular complexity index is 874. The third-order valence-electron chi connectivity index (χ3n) is 3.15. The number of nitro benzene ring substituents is 2. The van der Waals surface area contributed by atoms with Gasteiger partial charge in [-0.3, -0.25) is 20.2 Å². The summed E-state index contributed by atoms with van der Waals surface area (Å²) < 4.78 is 0. The molecule has 2 rings (SSSR count). The minimum Gasteiger partial charge on any atom is -0.258 e. The molecule has 0 saturated carbocycles. The summed E-state index contributed by atoms with van der Waals surface area (Å²) in [5.41, 5.74) is 0.143. The molecule has 0 heterocycles. The molecule has 116 valence electrons. The maximum atomic E-state index is 11.1. The number of nitrogens with zero attached hydrogens (tertiary/aromatic N) is 4. The Kier molecular flexibility index (Phi) is 4.64. The van der Waals surface area contributed by atoms with E-state index in [-0.39, 0.29) is 33.6 Å². The number of nitro groups is 2. The third kappa shape index (κ3) is 3.40. The van der Waals surface area contributed by atoms with Gasteiger partial charge in [0.2, 0.25) is 0 Å². The zero-order chi connectivity index (χ0) is 17.7. The van der Waals surface area contributed by atoms with Crippen LogP contribution in [0.3, 0.4) is 0 Å². The second-order valence-electron chi connectivity index (χ2n) is 4.62. The van der Waals surface area contributed by atoms with Crippen molar-refractivity contribution in [3.05, 3.63) is 78.9 Å². The molecule has 0 radical (unpaired) electrons. The van der Waals surface area contributed by atoms with Gasteiger partial charge in [0.15, 0.2) is 0 Å². The fraction of sp³-hybridized carbons (Fsp3) is 0. The monoisotopic (exact) mass is 320 g/mol. The molecule has 0 fully saturated rings. The van der Waals surface area contributed by atoms with Crippen molar-refractivity contribution in [2.75, 3.05) is 0 Å². The van der Waals surface area contributed by atoms with Crippen LogP contribution < -0.4 is 0 Å². The first kappa shape index (κ1) is 16.3. The lowest BCUT2D eigenvalue weighted by molar-refractivity contribution is -0.385. The lowest BCUT2D eigenvalue weighted by atomic mass is 10.1. The van der Waals surface area contributed by atoms with Crippen molar-refractivity contribution in [3.63, 3.8) is 0 Å². The molecule has 0 aliphatic heterocycles. The molecule has 8 heteroatoms. The van der Waals surface area contributed by atoms with E-state index in [1.54, 1.807) is 0 Å². The quantitative estimate of drug-likeness (QED) is 0.481. The summed E-state index contributed by atoms with van der Waals surface area (Å²) in [6.07, 6.45) is 2.71. The number of rotatable bonds is 4. The molecule has 8 nitrogen and oxygen atoms in total. The molecule has 0 amide bonds. The van der Waals surface area contributed by atoms with Gasteiger partial charge in [-0.1, -0.05) is 0 Å². The van der Waals surface area contributed by atoms with Crippen LogP contribution in [0.5, 0.6) is 0 Å². The van der Waals surface area contributed by atoms with Crippen LogP contribution in [0.4, 0.5) is 11.4 Å². The molecule has 0 atom stereocenters. The lowest BCUT2D eigenvalue weighted by Crippen LogP contribution is -1.94. The van der Waals surface area contributed by atoms with E-state index in [9.17, 15) is 20.2 Å². The highest BCUT2D eigenvalue weighted by molar-refractivity contribution is 5.78. The van der Waals surface area contributed by atoms with Gasteiger partial charge in [0.25, 0.3) is 11.4 Å². The highest BCUT2D eigenvalue weighted by Gasteiger charge is 2.15. The van der Waals surface area contributed by atoms with Crippen LogP contribution in [0.25, 0.3) is 12.2 Å². The molecule has 0 saturated heterocycles. The molecular weight excluding hydrogens is 312 g/mol. The van der Waals surface area contributed by atoms with Crippen LogP contribution in [0.2, 0.25) is 0 Å². The normalized spacial score (nSPS) is 10.1. The minimum atomic E-state index is -0.631. The molecule has 0 unspecified atom stereocenters. The van der Waals surface area contributed by atoms with E-state index in [0.717, 1.165) is 12.1 Å². The van der Waals surface area contributed by atoms with Crippen molar-refractivity contribution in [2.45, 2.75) is 0 Å². The molecule has 0 aliphatic carbocycles. The van der Waals surface area contributed by atoms with Crippen molar-refractivity contribution in [3.8, 4) is 12.1 Å². The highest BCUT2D eigenvalue weighted by atomic mass is 16.6. The molecule has 0 spiro atoms. The van der Waals surface area contributed by atoms with Crippen LogP contribution in [-0.2, 0) is 0 Å². The predicted molar refractivity (Wildman–Crippen MR) is 84.6 cm³/mol. The van der Waals surface area contributed by atoms with Crippen LogP contribution in [0.15, 0.2) is 36.4 Å². The molecule has 0 aliphatic rings. The molecule has 24 heavy (non-hydrogen) atoms. The van der Waals surface area contributed by atoms with Gasteiger partial charge < -0.3 is 0 Å². The van der Waals surface area contributed by atoms with E-state index in [2.05, 4.69) is 0 Å². The van der Waals surface area contributed by atoms with Crippen LogP contribution in [-0.4, -0.2) is 9.85 Å². The molecule has 2 aromatic carbocycles. The Morgan fingerprint density at radius 1 is 0.792 bits per heavy atom. The fourth-order valence-electron chi connectivity index (χ4n) is 2.00. The summed E-state index contributed by atoms with van der Waals surface area (Å²) >= 11 is 0. The predicted octanol–water partition coefficient (Wildman–Crippen LogP) is 3.42. The smallest absolute Gasteiger partial charge is 0.258 e. The maximum absolute atomic E-state index is 11.1. The largest absolute Gasteiger partial charge is 0.277 e. The van der Waals surface area contributed by atoms with E-state index in [0.29, 0.717) is 0 Å². The first-order chi connectivity index (χ1) is 11.5. The summed E-state index contributed by atoms with van der Waals surface area (Å²) in [6, 6.07) is 11.5. The van der Waals surface area contributed by atoms with E-state index in [4.69, 9.17) is 10.5 Å². The third-order valence-corrected chi connectivity index (χ3v) is 3.15. The van der Waals surface area contributed by atoms with Crippen molar-refractivity contribution < 1.29 is 9.85 Å². The second kappa shape index (κ2) is 6.81. The van der Waals surface area contributed by atoms with Gasteiger partial charge in [-0.2, -0.15) is 10.5 Å². The van der Waals surface area contributed by atoms with Crippen molar-refractivity contribution >= 4 is 23.5 Å². The molecule has 0 N–H and O–H groups in total. The summed E-state index contributed by atoms with van der Waals surface area (Å²) in [5.74, 6) is 0. The van der Waals surface area contributed by atoms with Gasteiger partial charge in [-0.25, -0.2) is 0 Å². The van der Waals surface area contributed by atoms with Crippen LogP contribution in [0.1, 0.15) is 22.3 Å². The second-order valence-corrected chi connectivity index (χ2v) is 4.62. The standard InChI is InChI=1S/C16H8N4O4/c17-9-11-1-3-13(15(7-11)19(21)22)5-6-14-4-2-12(10-18)8-16(14)20(23)24/h1-8H/b6-5+. The summed E-state index contributed by atoms with van der Waals surface area (Å²) in [6.45, 7) is 0. The molecule has 2 aromatic rings. The zero-order valence-corrected chi connectivity index (χ0v) is 12.0. The molecule has 0 aromatic heterocycles. The van der Waals surface area contributed by atoms with Crippen molar-refractivity contribution in [1.29, 1.82) is 10.5 Å². The highest BCUT2D eigenvalue weighted by Crippen LogP contribution is 2.26. The molecule has 0 bridgehead atoms. The minimum absolute atomic E-state index is 0.142. The number of benzene rings is 2. The van der Waals surface area contributed by atoms with Crippen molar-refractivity contribution in [1.82, 2.24) is 0 Å². The van der Waals surface area contributed by atoms with Gasteiger partial charge in [0.1, 0.15) is 0 Å². The van der Waals surface area contributed by atoms with E-state index < -0.39 is 9.85 Å². The number of hydrogen-bond acceptors (Lipinski definition) is 6. The maximum Gasteiger partial charge on any atom is 0.277 e. The Morgan fingerprint density at radius 3 is 1.46 bits per heavy atom. The van der Waals surface area contributed by atoms with E-state index >= 15 is 0 Å². The fourth-order valence-corrected chi connectivity index (χ4v) is 2.00. The van der Waals surface area contributed by atoms with Gasteiger partial charge >= 0.3 is 0 Å². The van der Waals surface area contributed by atoms with Crippen molar-refractivity contribution in [2.24, 2.45) is 0 Å². The first-order valence-corrected chi connectivity index (χ1v) is 6.51. The van der Waals surface area contributed by atoms with Gasteiger partial charge in [0, 0.05) is 12.1 Å². The average molecular weight is 320 g/mol. The first-order valence-electron chi connectivity index (χ1n) is 6.51. The Balaban J connectivity index is 2.49. The van der Waals surface area contributed by atoms with Gasteiger partial charge in [-0.05, 0) is 36.4 Å². The van der Waals surface area contributed by atoms with E-state index in [1.807, 2.05) is 12.1 Å². The summed E-state index contributed by atoms with van der Waals surface area (Å²) in [4.78, 5) is 20.9. The Hall–Kier alpha value is -4.04.